The molecule has 1 fully saturated rings. The summed E-state index contributed by atoms with van der Waals surface area (Å²) in [5.74, 6) is 2.55. The van der Waals surface area contributed by atoms with Crippen LogP contribution in [0.1, 0.15) is 51.2 Å². The number of hydrogen-bond acceptors (Lipinski definition) is 1. The Morgan fingerprint density at radius 2 is 1.75 bits per heavy atom. The molecule has 1 aromatic carbocycles. The van der Waals surface area contributed by atoms with Gasteiger partial charge in [-0.25, -0.2) is 0 Å². The Bertz CT molecular complexity index is 393. The molecule has 1 aliphatic carbocycles. The van der Waals surface area contributed by atoms with Gasteiger partial charge in [0.2, 0.25) is 0 Å². The average molecular weight is 273 g/mol. The van der Waals surface area contributed by atoms with E-state index in [4.69, 9.17) is 0 Å². The van der Waals surface area contributed by atoms with Gasteiger partial charge in [0, 0.05) is 6.04 Å². The van der Waals surface area contributed by atoms with Crippen LogP contribution in [0.15, 0.2) is 24.3 Å². The van der Waals surface area contributed by atoms with Gasteiger partial charge < -0.3 is 5.32 Å². The van der Waals surface area contributed by atoms with Crippen molar-refractivity contribution in [2.45, 2.75) is 58.9 Å². The fourth-order valence-corrected chi connectivity index (χ4v) is 3.73. The predicted octanol–water partition coefficient (Wildman–Crippen LogP) is 4.45. The van der Waals surface area contributed by atoms with E-state index in [2.05, 4.69) is 57.4 Å². The molecule has 112 valence electrons. The van der Waals surface area contributed by atoms with Crippen molar-refractivity contribution in [3.63, 3.8) is 0 Å². The first kappa shape index (κ1) is 15.6. The second-order valence-electron chi connectivity index (χ2n) is 6.85. The van der Waals surface area contributed by atoms with Gasteiger partial charge in [-0.2, -0.15) is 0 Å². The number of rotatable bonds is 5. The predicted molar refractivity (Wildman–Crippen MR) is 88.0 cm³/mol. The molecule has 1 aliphatic rings. The molecule has 0 saturated heterocycles. The molecule has 2 rings (SSSR count). The molecule has 0 aromatic heterocycles. The summed E-state index contributed by atoms with van der Waals surface area (Å²) < 4.78 is 0. The van der Waals surface area contributed by atoms with E-state index in [1.807, 2.05) is 0 Å². The van der Waals surface area contributed by atoms with Crippen molar-refractivity contribution in [1.29, 1.82) is 0 Å². The summed E-state index contributed by atoms with van der Waals surface area (Å²) in [6, 6.07) is 9.98. The van der Waals surface area contributed by atoms with Gasteiger partial charge in [-0.05, 0) is 68.0 Å². The van der Waals surface area contributed by atoms with Gasteiger partial charge in [-0.1, -0.05) is 45.0 Å². The molecule has 1 heteroatoms. The van der Waals surface area contributed by atoms with Crippen molar-refractivity contribution in [3.05, 3.63) is 35.4 Å². The third kappa shape index (κ3) is 3.85. The lowest BCUT2D eigenvalue weighted by Crippen LogP contribution is -2.40. The highest BCUT2D eigenvalue weighted by Crippen LogP contribution is 2.35. The lowest BCUT2D eigenvalue weighted by Gasteiger charge is -2.38. The van der Waals surface area contributed by atoms with Gasteiger partial charge >= 0.3 is 0 Å². The van der Waals surface area contributed by atoms with Crippen LogP contribution in [0, 0.1) is 17.8 Å². The van der Waals surface area contributed by atoms with Crippen LogP contribution in [0.4, 0.5) is 0 Å². The summed E-state index contributed by atoms with van der Waals surface area (Å²) in [7, 11) is 2.13. The zero-order valence-corrected chi connectivity index (χ0v) is 13.7. The molecule has 3 atom stereocenters. The molecule has 1 nitrogen and oxygen atoms in total. The third-order valence-corrected chi connectivity index (χ3v) is 5.27. The first-order valence-electron chi connectivity index (χ1n) is 8.39. The molecule has 0 amide bonds. The van der Waals surface area contributed by atoms with E-state index < -0.39 is 0 Å². The molecule has 0 bridgehead atoms. The highest BCUT2D eigenvalue weighted by molar-refractivity contribution is 5.23. The third-order valence-electron chi connectivity index (χ3n) is 5.27. The average Bonchev–Trinajstić information content (AvgIpc) is 2.48. The quantitative estimate of drug-likeness (QED) is 0.835. The minimum atomic E-state index is 0.704. The van der Waals surface area contributed by atoms with Gasteiger partial charge in [0.05, 0.1) is 0 Å². The van der Waals surface area contributed by atoms with Crippen LogP contribution in [0.5, 0.6) is 0 Å². The molecule has 0 radical (unpaired) electrons. The Morgan fingerprint density at radius 3 is 2.30 bits per heavy atom. The Morgan fingerprint density at radius 1 is 1.10 bits per heavy atom. The highest BCUT2D eigenvalue weighted by atomic mass is 14.9. The molecule has 0 heterocycles. The van der Waals surface area contributed by atoms with Crippen molar-refractivity contribution in [2.24, 2.45) is 17.8 Å². The van der Waals surface area contributed by atoms with Crippen LogP contribution in [0.3, 0.4) is 0 Å². The fourth-order valence-electron chi connectivity index (χ4n) is 3.73. The van der Waals surface area contributed by atoms with E-state index in [0.29, 0.717) is 6.04 Å². The SMILES string of the molecule is CCc1ccc(CC2CC(C(C)C)CCC2NC)cc1. The van der Waals surface area contributed by atoms with Gasteiger partial charge in [-0.3, -0.25) is 0 Å². The van der Waals surface area contributed by atoms with E-state index in [1.165, 1.54) is 36.8 Å². The van der Waals surface area contributed by atoms with Crippen molar-refractivity contribution < 1.29 is 0 Å². The zero-order chi connectivity index (χ0) is 14.5. The summed E-state index contributed by atoms with van der Waals surface area (Å²) in [6.07, 6.45) is 6.50. The molecule has 0 aliphatic heterocycles. The maximum absolute atomic E-state index is 3.56. The first-order chi connectivity index (χ1) is 9.63. The lowest BCUT2D eigenvalue weighted by atomic mass is 9.72. The largest absolute Gasteiger partial charge is 0.317 e. The van der Waals surface area contributed by atoms with Crippen molar-refractivity contribution in [1.82, 2.24) is 5.32 Å². The van der Waals surface area contributed by atoms with Gasteiger partial charge in [-0.15, -0.1) is 0 Å². The second-order valence-corrected chi connectivity index (χ2v) is 6.85. The number of nitrogens with one attached hydrogen (secondary N) is 1. The van der Waals surface area contributed by atoms with Crippen LogP contribution < -0.4 is 5.32 Å². The minimum absolute atomic E-state index is 0.704. The van der Waals surface area contributed by atoms with Crippen molar-refractivity contribution in [2.75, 3.05) is 7.05 Å². The van der Waals surface area contributed by atoms with Crippen molar-refractivity contribution >= 4 is 0 Å². The van der Waals surface area contributed by atoms with Crippen LogP contribution in [-0.2, 0) is 12.8 Å². The van der Waals surface area contributed by atoms with Crippen LogP contribution >= 0.6 is 0 Å². The van der Waals surface area contributed by atoms with Crippen LogP contribution in [0.25, 0.3) is 0 Å². The second kappa shape index (κ2) is 7.26. The normalized spacial score (nSPS) is 26.9. The van der Waals surface area contributed by atoms with Crippen molar-refractivity contribution in [3.8, 4) is 0 Å². The zero-order valence-electron chi connectivity index (χ0n) is 13.7. The fraction of sp³-hybridized carbons (Fsp3) is 0.684. The lowest BCUT2D eigenvalue weighted by molar-refractivity contribution is 0.173. The monoisotopic (exact) mass is 273 g/mol. The molecule has 1 aromatic rings. The molecule has 20 heavy (non-hydrogen) atoms. The minimum Gasteiger partial charge on any atom is -0.317 e. The number of aryl methyl sites for hydroxylation is 1. The Hall–Kier alpha value is -0.820. The standard InChI is InChI=1S/C19H31N/c1-5-15-6-8-16(9-7-15)12-18-13-17(14(2)3)10-11-19(18)20-4/h6-9,14,17-20H,5,10-13H2,1-4H3. The summed E-state index contributed by atoms with van der Waals surface area (Å²) in [5.41, 5.74) is 2.96. The number of benzene rings is 1. The van der Waals surface area contributed by atoms with Crippen LogP contribution in [0.2, 0.25) is 0 Å². The molecule has 0 spiro atoms. The summed E-state index contributed by atoms with van der Waals surface area (Å²) in [5, 5.41) is 3.56. The van der Waals surface area contributed by atoms with Gasteiger partial charge in [0.25, 0.3) is 0 Å². The Kier molecular flexibility index (Phi) is 5.65. The molecule has 1 N–H and O–H groups in total. The molecular formula is C19H31N. The van der Waals surface area contributed by atoms with Gasteiger partial charge in [0.1, 0.15) is 0 Å². The highest BCUT2D eigenvalue weighted by Gasteiger charge is 2.30. The molecule has 1 saturated carbocycles. The molecule has 3 unspecified atom stereocenters. The smallest absolute Gasteiger partial charge is 0.00957 e. The van der Waals surface area contributed by atoms with E-state index in [-0.39, 0.29) is 0 Å². The summed E-state index contributed by atoms with van der Waals surface area (Å²) in [4.78, 5) is 0. The van der Waals surface area contributed by atoms with E-state index in [0.717, 1.165) is 24.2 Å². The summed E-state index contributed by atoms with van der Waals surface area (Å²) >= 11 is 0. The topological polar surface area (TPSA) is 12.0 Å². The van der Waals surface area contributed by atoms with E-state index >= 15 is 0 Å². The maximum atomic E-state index is 3.56. The van der Waals surface area contributed by atoms with E-state index in [1.54, 1.807) is 0 Å². The number of hydrogen-bond donors (Lipinski definition) is 1. The Labute approximate surface area is 125 Å². The molecular weight excluding hydrogens is 242 g/mol. The maximum Gasteiger partial charge on any atom is 0.00957 e. The van der Waals surface area contributed by atoms with Gasteiger partial charge in [0.15, 0.2) is 0 Å². The Balaban J connectivity index is 2.02. The summed E-state index contributed by atoms with van der Waals surface area (Å²) in [6.45, 7) is 7.00. The van der Waals surface area contributed by atoms with Crippen LogP contribution in [-0.4, -0.2) is 13.1 Å². The van der Waals surface area contributed by atoms with E-state index in [9.17, 15) is 0 Å². The first-order valence-corrected chi connectivity index (χ1v) is 8.39.